The lowest BCUT2D eigenvalue weighted by atomic mass is 9.80. The Morgan fingerprint density at radius 3 is 2.60 bits per heavy atom. The predicted octanol–water partition coefficient (Wildman–Crippen LogP) is 4.13. The van der Waals surface area contributed by atoms with E-state index in [9.17, 15) is 4.79 Å². The van der Waals surface area contributed by atoms with Crippen molar-refractivity contribution < 1.29 is 9.53 Å². The Hall–Kier alpha value is -0.500. The van der Waals surface area contributed by atoms with Gasteiger partial charge in [0.05, 0.1) is 0 Å². The second-order valence-electron chi connectivity index (χ2n) is 4.72. The minimum absolute atomic E-state index is 0.0337. The number of carbonyl (C=O) groups is 1. The molecular weight excluding hydrogens is 212 g/mol. The molecule has 15 heavy (non-hydrogen) atoms. The molecule has 1 saturated carbocycles. The number of hydrogen-bond acceptors (Lipinski definition) is 2. The Kier molecular flexibility index (Phi) is 4.65. The first-order valence-electron chi connectivity index (χ1n) is 5.50. The first kappa shape index (κ1) is 12.6. The maximum Gasteiger partial charge on any atom is 0.404 e. The van der Waals surface area contributed by atoms with Crippen LogP contribution in [0.15, 0.2) is 11.6 Å². The summed E-state index contributed by atoms with van der Waals surface area (Å²) in [7, 11) is 0. The summed E-state index contributed by atoms with van der Waals surface area (Å²) in [4.78, 5) is 10.8. The molecule has 1 rings (SSSR count). The van der Waals surface area contributed by atoms with E-state index in [1.165, 1.54) is 12.0 Å². The molecule has 0 N–H and O–H groups in total. The van der Waals surface area contributed by atoms with Crippen LogP contribution in [0.4, 0.5) is 4.79 Å². The van der Waals surface area contributed by atoms with Gasteiger partial charge < -0.3 is 4.74 Å². The normalized spacial score (nSPS) is 30.8. The van der Waals surface area contributed by atoms with E-state index >= 15 is 0 Å². The van der Waals surface area contributed by atoms with Gasteiger partial charge in [0.1, 0.15) is 6.10 Å². The lowest BCUT2D eigenvalue weighted by Crippen LogP contribution is -2.30. The number of hydrogen-bond donors (Lipinski definition) is 0. The van der Waals surface area contributed by atoms with Gasteiger partial charge in [-0.15, -0.1) is 0 Å². The zero-order chi connectivity index (χ0) is 11.4. The Bertz CT molecular complexity index is 256. The molecule has 0 saturated heterocycles. The molecule has 3 heteroatoms. The van der Waals surface area contributed by atoms with Crippen molar-refractivity contribution in [2.24, 2.45) is 11.8 Å². The van der Waals surface area contributed by atoms with Gasteiger partial charge in [0.25, 0.3) is 0 Å². The quantitative estimate of drug-likeness (QED) is 0.527. The van der Waals surface area contributed by atoms with Gasteiger partial charge in [-0.25, -0.2) is 4.79 Å². The monoisotopic (exact) mass is 230 g/mol. The third-order valence-electron chi connectivity index (χ3n) is 2.90. The summed E-state index contributed by atoms with van der Waals surface area (Å²) in [5.41, 5.74) is 0.589. The van der Waals surface area contributed by atoms with Gasteiger partial charge in [-0.3, -0.25) is 0 Å². The molecule has 0 aromatic carbocycles. The molecule has 1 aliphatic carbocycles. The molecule has 0 heterocycles. The summed E-state index contributed by atoms with van der Waals surface area (Å²) in [6.07, 6.45) is 5.36. The third-order valence-corrected chi connectivity index (χ3v) is 2.99. The molecule has 3 atom stereocenters. The molecule has 0 amide bonds. The fourth-order valence-electron chi connectivity index (χ4n) is 2.23. The average Bonchev–Trinajstić information content (AvgIpc) is 2.08. The van der Waals surface area contributed by atoms with Crippen molar-refractivity contribution in [3.63, 3.8) is 0 Å². The van der Waals surface area contributed by atoms with E-state index in [0.717, 1.165) is 12.8 Å². The van der Waals surface area contributed by atoms with Gasteiger partial charge in [0.2, 0.25) is 0 Å². The molecule has 1 fully saturated rings. The van der Waals surface area contributed by atoms with Crippen molar-refractivity contribution >= 4 is 17.0 Å². The SMILES string of the molecule is CC(C)=CC1CC[C@@H](C)C[C@H]1OC(=O)Cl. The summed E-state index contributed by atoms with van der Waals surface area (Å²) in [6, 6.07) is 0. The summed E-state index contributed by atoms with van der Waals surface area (Å²) in [5, 5.41) is 0. The van der Waals surface area contributed by atoms with Crippen molar-refractivity contribution in [2.45, 2.75) is 46.1 Å². The van der Waals surface area contributed by atoms with Crippen molar-refractivity contribution in [3.05, 3.63) is 11.6 Å². The minimum Gasteiger partial charge on any atom is -0.450 e. The lowest BCUT2D eigenvalue weighted by molar-refractivity contribution is 0.0531. The van der Waals surface area contributed by atoms with Gasteiger partial charge in [-0.05, 0) is 39.0 Å². The highest BCUT2D eigenvalue weighted by Gasteiger charge is 2.29. The maximum atomic E-state index is 10.8. The van der Waals surface area contributed by atoms with Crippen LogP contribution in [0, 0.1) is 11.8 Å². The van der Waals surface area contributed by atoms with Gasteiger partial charge >= 0.3 is 5.43 Å². The van der Waals surface area contributed by atoms with Crippen LogP contribution in [-0.2, 0) is 4.74 Å². The molecular formula is C12H19ClO2. The number of allylic oxidation sites excluding steroid dienone is 1. The van der Waals surface area contributed by atoms with Crippen LogP contribution in [-0.4, -0.2) is 11.5 Å². The highest BCUT2D eigenvalue weighted by molar-refractivity contribution is 6.61. The van der Waals surface area contributed by atoms with Crippen molar-refractivity contribution in [1.82, 2.24) is 0 Å². The Balaban J connectivity index is 2.66. The fourth-order valence-corrected chi connectivity index (χ4v) is 2.34. The minimum atomic E-state index is -0.679. The summed E-state index contributed by atoms with van der Waals surface area (Å²) in [5.74, 6) is 0.960. The molecule has 1 unspecified atom stereocenters. The molecule has 1 aliphatic rings. The zero-order valence-corrected chi connectivity index (χ0v) is 10.4. The van der Waals surface area contributed by atoms with E-state index in [1.54, 1.807) is 0 Å². The van der Waals surface area contributed by atoms with Crippen molar-refractivity contribution in [3.8, 4) is 0 Å². The van der Waals surface area contributed by atoms with E-state index in [1.807, 2.05) is 0 Å². The first-order valence-corrected chi connectivity index (χ1v) is 5.88. The van der Waals surface area contributed by atoms with Crippen LogP contribution >= 0.6 is 11.6 Å². The third kappa shape index (κ3) is 4.25. The molecule has 0 radical (unpaired) electrons. The molecule has 0 bridgehead atoms. The number of carbonyl (C=O) groups excluding carboxylic acids is 1. The number of rotatable bonds is 2. The fraction of sp³-hybridized carbons (Fsp3) is 0.750. The standard InChI is InChI=1S/C12H19ClO2/c1-8(2)6-10-5-4-9(3)7-11(10)15-12(13)14/h6,9-11H,4-5,7H2,1-3H3/t9-,10?,11-/m1/s1. The summed E-state index contributed by atoms with van der Waals surface area (Å²) < 4.78 is 5.16. The van der Waals surface area contributed by atoms with Gasteiger partial charge in [-0.1, -0.05) is 18.6 Å². The van der Waals surface area contributed by atoms with Crippen LogP contribution in [0.2, 0.25) is 0 Å². The summed E-state index contributed by atoms with van der Waals surface area (Å²) >= 11 is 5.28. The van der Waals surface area contributed by atoms with Crippen LogP contribution in [0.25, 0.3) is 0 Å². The molecule has 0 aromatic rings. The van der Waals surface area contributed by atoms with Gasteiger partial charge in [0.15, 0.2) is 0 Å². The van der Waals surface area contributed by atoms with Crippen LogP contribution in [0.5, 0.6) is 0 Å². The highest BCUT2D eigenvalue weighted by Crippen LogP contribution is 2.32. The van der Waals surface area contributed by atoms with E-state index in [4.69, 9.17) is 16.3 Å². The van der Waals surface area contributed by atoms with Crippen LogP contribution < -0.4 is 0 Å². The zero-order valence-electron chi connectivity index (χ0n) is 9.63. The largest absolute Gasteiger partial charge is 0.450 e. The number of halogens is 1. The molecule has 0 aromatic heterocycles. The second-order valence-corrected chi connectivity index (χ2v) is 5.03. The molecule has 86 valence electrons. The highest BCUT2D eigenvalue weighted by atomic mass is 35.5. The van der Waals surface area contributed by atoms with E-state index in [2.05, 4.69) is 26.8 Å². The average molecular weight is 231 g/mol. The molecule has 2 nitrogen and oxygen atoms in total. The lowest BCUT2D eigenvalue weighted by Gasteiger charge is -2.32. The second kappa shape index (κ2) is 5.55. The Labute approximate surface area is 96.6 Å². The number of ether oxygens (including phenoxy) is 1. The van der Waals surface area contributed by atoms with Crippen LogP contribution in [0.1, 0.15) is 40.0 Å². The van der Waals surface area contributed by atoms with Crippen molar-refractivity contribution in [2.75, 3.05) is 0 Å². The summed E-state index contributed by atoms with van der Waals surface area (Å²) in [6.45, 7) is 6.32. The van der Waals surface area contributed by atoms with E-state index < -0.39 is 5.43 Å². The molecule has 0 spiro atoms. The predicted molar refractivity (Wildman–Crippen MR) is 62.1 cm³/mol. The van der Waals surface area contributed by atoms with Gasteiger partial charge in [-0.2, -0.15) is 0 Å². The van der Waals surface area contributed by atoms with Crippen molar-refractivity contribution in [1.29, 1.82) is 0 Å². The maximum absolute atomic E-state index is 10.8. The van der Waals surface area contributed by atoms with Gasteiger partial charge in [0, 0.05) is 17.5 Å². The Morgan fingerprint density at radius 2 is 2.07 bits per heavy atom. The van der Waals surface area contributed by atoms with E-state index in [0.29, 0.717) is 11.8 Å². The molecule has 0 aliphatic heterocycles. The van der Waals surface area contributed by atoms with Crippen LogP contribution in [0.3, 0.4) is 0 Å². The topological polar surface area (TPSA) is 26.3 Å². The first-order chi connectivity index (χ1) is 6.99. The smallest absolute Gasteiger partial charge is 0.404 e. The Morgan fingerprint density at radius 1 is 1.40 bits per heavy atom. The van der Waals surface area contributed by atoms with E-state index in [-0.39, 0.29) is 6.10 Å².